The van der Waals surface area contributed by atoms with Gasteiger partial charge in [-0.05, 0) is 31.9 Å². The van der Waals surface area contributed by atoms with Crippen LogP contribution in [0.5, 0.6) is 0 Å². The number of anilines is 2. The molecule has 1 aromatic rings. The lowest BCUT2D eigenvalue weighted by molar-refractivity contribution is 0.583. The number of benzene rings is 1. The maximum atomic E-state index is 12.1. The van der Waals surface area contributed by atoms with E-state index in [1.165, 1.54) is 4.31 Å². The molecule has 0 spiro atoms. The minimum atomic E-state index is -3.26. The molecular formula is C11H16N2O2S. The average molecular weight is 240 g/mol. The van der Waals surface area contributed by atoms with Crippen LogP contribution in [0, 0.1) is 0 Å². The van der Waals surface area contributed by atoms with Gasteiger partial charge in [-0.25, -0.2) is 8.42 Å². The van der Waals surface area contributed by atoms with Gasteiger partial charge in [0.25, 0.3) is 0 Å². The lowest BCUT2D eigenvalue weighted by Gasteiger charge is -2.23. The molecule has 0 saturated heterocycles. The maximum Gasteiger partial charge on any atom is 0.237 e. The van der Waals surface area contributed by atoms with Crippen molar-refractivity contribution in [2.75, 3.05) is 16.6 Å². The summed E-state index contributed by atoms with van der Waals surface area (Å²) in [6.45, 7) is 3.88. The van der Waals surface area contributed by atoms with E-state index in [1.807, 2.05) is 12.1 Å². The predicted molar refractivity (Wildman–Crippen MR) is 66.0 cm³/mol. The SMILES string of the molecule is CC(C)S(=O)(=O)N1CCc2cccc(N)c21. The highest BCUT2D eigenvalue weighted by molar-refractivity contribution is 7.93. The average Bonchev–Trinajstić information content (AvgIpc) is 2.63. The maximum absolute atomic E-state index is 12.1. The van der Waals surface area contributed by atoms with Crippen LogP contribution in [0.2, 0.25) is 0 Å². The van der Waals surface area contributed by atoms with Gasteiger partial charge in [0.2, 0.25) is 10.0 Å². The summed E-state index contributed by atoms with van der Waals surface area (Å²) in [6.07, 6.45) is 0.742. The highest BCUT2D eigenvalue weighted by Crippen LogP contribution is 2.36. The Balaban J connectivity index is 2.53. The summed E-state index contributed by atoms with van der Waals surface area (Å²) in [7, 11) is -3.26. The second-order valence-electron chi connectivity index (χ2n) is 4.27. The fourth-order valence-corrected chi connectivity index (χ4v) is 3.29. The van der Waals surface area contributed by atoms with Gasteiger partial charge in [0.1, 0.15) is 0 Å². The lowest BCUT2D eigenvalue weighted by Crippen LogP contribution is -2.35. The number of para-hydroxylation sites is 1. The van der Waals surface area contributed by atoms with E-state index < -0.39 is 15.3 Å². The van der Waals surface area contributed by atoms with Crippen molar-refractivity contribution < 1.29 is 8.42 Å². The van der Waals surface area contributed by atoms with E-state index in [4.69, 9.17) is 5.73 Å². The Bertz CT molecular complexity index is 509. The van der Waals surface area contributed by atoms with Crippen LogP contribution in [-0.4, -0.2) is 20.2 Å². The normalized spacial score (nSPS) is 15.6. The van der Waals surface area contributed by atoms with Gasteiger partial charge in [0.15, 0.2) is 0 Å². The van der Waals surface area contributed by atoms with Crippen molar-refractivity contribution in [3.8, 4) is 0 Å². The zero-order chi connectivity index (χ0) is 11.9. The van der Waals surface area contributed by atoms with Crippen molar-refractivity contribution in [2.24, 2.45) is 0 Å². The molecule has 0 bridgehead atoms. The molecule has 5 heteroatoms. The van der Waals surface area contributed by atoms with Crippen LogP contribution < -0.4 is 10.0 Å². The first kappa shape index (κ1) is 11.3. The Kier molecular flexibility index (Phi) is 2.58. The molecule has 0 radical (unpaired) electrons. The van der Waals surface area contributed by atoms with Crippen molar-refractivity contribution in [1.82, 2.24) is 0 Å². The first-order chi connectivity index (χ1) is 7.44. The Labute approximate surface area is 96.1 Å². The van der Waals surface area contributed by atoms with Crippen LogP contribution in [0.4, 0.5) is 11.4 Å². The Morgan fingerprint density at radius 2 is 2.06 bits per heavy atom. The van der Waals surface area contributed by atoms with Crippen LogP contribution in [0.1, 0.15) is 19.4 Å². The molecule has 1 aliphatic heterocycles. The fraction of sp³-hybridized carbons (Fsp3) is 0.455. The molecular weight excluding hydrogens is 224 g/mol. The second-order valence-corrected chi connectivity index (χ2v) is 6.68. The molecule has 2 N–H and O–H groups in total. The molecule has 0 fully saturated rings. The van der Waals surface area contributed by atoms with E-state index in [0.717, 1.165) is 12.0 Å². The fourth-order valence-electron chi connectivity index (χ4n) is 1.96. The molecule has 0 aliphatic carbocycles. The number of nitrogens with two attached hydrogens (primary N) is 1. The van der Waals surface area contributed by atoms with Gasteiger partial charge >= 0.3 is 0 Å². The third kappa shape index (κ3) is 1.55. The second kappa shape index (κ2) is 3.66. The smallest absolute Gasteiger partial charge is 0.237 e. The first-order valence-corrected chi connectivity index (χ1v) is 6.84. The van der Waals surface area contributed by atoms with Gasteiger partial charge < -0.3 is 5.73 Å². The number of rotatable bonds is 2. The quantitative estimate of drug-likeness (QED) is 0.794. The van der Waals surface area contributed by atoms with Crippen LogP contribution in [-0.2, 0) is 16.4 Å². The van der Waals surface area contributed by atoms with E-state index >= 15 is 0 Å². The van der Waals surface area contributed by atoms with Crippen LogP contribution in [0.25, 0.3) is 0 Å². The Hall–Kier alpha value is -1.23. The van der Waals surface area contributed by atoms with Gasteiger partial charge in [0, 0.05) is 6.54 Å². The van der Waals surface area contributed by atoms with E-state index in [1.54, 1.807) is 19.9 Å². The molecule has 0 amide bonds. The minimum absolute atomic E-state index is 0.418. The third-order valence-corrected chi connectivity index (χ3v) is 5.06. The number of nitrogens with zero attached hydrogens (tertiary/aromatic N) is 1. The summed E-state index contributed by atoms with van der Waals surface area (Å²) in [4.78, 5) is 0. The number of hydrogen-bond acceptors (Lipinski definition) is 3. The van der Waals surface area contributed by atoms with Crippen LogP contribution in [0.15, 0.2) is 18.2 Å². The summed E-state index contributed by atoms with van der Waals surface area (Å²) in [5.41, 5.74) is 8.09. The zero-order valence-corrected chi connectivity index (χ0v) is 10.3. The molecule has 0 aromatic heterocycles. The van der Waals surface area contributed by atoms with Gasteiger partial charge in [-0.3, -0.25) is 4.31 Å². The topological polar surface area (TPSA) is 63.4 Å². The van der Waals surface area contributed by atoms with Crippen molar-refractivity contribution in [1.29, 1.82) is 0 Å². The van der Waals surface area contributed by atoms with Crippen molar-refractivity contribution in [3.63, 3.8) is 0 Å². The zero-order valence-electron chi connectivity index (χ0n) is 9.47. The molecule has 2 rings (SSSR count). The third-order valence-electron chi connectivity index (χ3n) is 2.89. The van der Waals surface area contributed by atoms with E-state index in [-0.39, 0.29) is 0 Å². The number of sulfonamides is 1. The molecule has 4 nitrogen and oxygen atoms in total. The molecule has 1 aromatic carbocycles. The van der Waals surface area contributed by atoms with Crippen molar-refractivity contribution in [2.45, 2.75) is 25.5 Å². The number of fused-ring (bicyclic) bond motifs is 1. The van der Waals surface area contributed by atoms with Gasteiger partial charge in [0.05, 0.1) is 16.6 Å². The first-order valence-electron chi connectivity index (χ1n) is 5.33. The van der Waals surface area contributed by atoms with Crippen LogP contribution in [0.3, 0.4) is 0 Å². The van der Waals surface area contributed by atoms with Crippen LogP contribution >= 0.6 is 0 Å². The molecule has 0 atom stereocenters. The summed E-state index contributed by atoms with van der Waals surface area (Å²) in [6, 6.07) is 5.54. The molecule has 0 unspecified atom stereocenters. The van der Waals surface area contributed by atoms with Gasteiger partial charge in [-0.2, -0.15) is 0 Å². The van der Waals surface area contributed by atoms with Crippen molar-refractivity contribution in [3.05, 3.63) is 23.8 Å². The summed E-state index contributed by atoms with van der Waals surface area (Å²) >= 11 is 0. The Morgan fingerprint density at radius 1 is 1.38 bits per heavy atom. The molecule has 1 heterocycles. The largest absolute Gasteiger partial charge is 0.397 e. The van der Waals surface area contributed by atoms with E-state index in [0.29, 0.717) is 17.9 Å². The van der Waals surface area contributed by atoms with Gasteiger partial charge in [-0.1, -0.05) is 12.1 Å². The molecule has 1 aliphatic rings. The number of nitrogen functional groups attached to an aromatic ring is 1. The van der Waals surface area contributed by atoms with E-state index in [9.17, 15) is 8.42 Å². The molecule has 16 heavy (non-hydrogen) atoms. The minimum Gasteiger partial charge on any atom is -0.397 e. The summed E-state index contributed by atoms with van der Waals surface area (Å²) < 4.78 is 25.7. The highest BCUT2D eigenvalue weighted by Gasteiger charge is 2.32. The van der Waals surface area contributed by atoms with Crippen molar-refractivity contribution >= 4 is 21.4 Å². The summed E-state index contributed by atoms with van der Waals surface area (Å²) in [5, 5.41) is -0.418. The summed E-state index contributed by atoms with van der Waals surface area (Å²) in [5.74, 6) is 0. The predicted octanol–water partition coefficient (Wildman–Crippen LogP) is 1.37. The Morgan fingerprint density at radius 3 is 2.69 bits per heavy atom. The van der Waals surface area contributed by atoms with E-state index in [2.05, 4.69) is 0 Å². The monoisotopic (exact) mass is 240 g/mol. The standard InChI is InChI=1S/C11H16N2O2S/c1-8(2)16(14,15)13-7-6-9-4-3-5-10(12)11(9)13/h3-5,8H,6-7,12H2,1-2H3. The molecule has 0 saturated carbocycles. The highest BCUT2D eigenvalue weighted by atomic mass is 32.2. The van der Waals surface area contributed by atoms with Gasteiger partial charge in [-0.15, -0.1) is 0 Å². The lowest BCUT2D eigenvalue weighted by atomic mass is 10.1. The molecule has 88 valence electrons. The number of hydrogen-bond donors (Lipinski definition) is 1.